The molecule has 2 amide bonds. The zero-order valence-electron chi connectivity index (χ0n) is 17.2. The molecule has 0 aliphatic rings. The van der Waals surface area contributed by atoms with Crippen molar-refractivity contribution in [3.8, 4) is 0 Å². The first kappa shape index (κ1) is 22.7. The summed E-state index contributed by atoms with van der Waals surface area (Å²) in [6.45, 7) is 0.143. The molecule has 0 saturated heterocycles. The molecular weight excluding hydrogens is 421 g/mol. The normalized spacial score (nSPS) is 12.8. The average molecular weight is 443 g/mol. The molecule has 3 aromatic rings. The van der Waals surface area contributed by atoms with Crippen LogP contribution in [-0.4, -0.2) is 52.7 Å². The molecule has 0 saturated carbocycles. The van der Waals surface area contributed by atoms with E-state index in [0.717, 1.165) is 16.3 Å². The van der Waals surface area contributed by atoms with Gasteiger partial charge in [-0.25, -0.2) is 9.18 Å². The zero-order chi connectivity index (χ0) is 23.3. The number of benzene rings is 2. The number of aromatic amines is 1. The van der Waals surface area contributed by atoms with Crippen LogP contribution in [0.15, 0.2) is 42.5 Å². The van der Waals surface area contributed by atoms with Crippen LogP contribution in [0.3, 0.4) is 0 Å². The van der Waals surface area contributed by atoms with Gasteiger partial charge in [0.05, 0.1) is 17.6 Å². The predicted octanol–water partition coefficient (Wildman–Crippen LogP) is 3.15. The third kappa shape index (κ3) is 5.02. The third-order valence-electron chi connectivity index (χ3n) is 4.91. The summed E-state index contributed by atoms with van der Waals surface area (Å²) >= 11 is 0. The molecule has 9 nitrogen and oxygen atoms in total. The Morgan fingerprint density at radius 1 is 1.09 bits per heavy atom. The number of carbonyl (C=O) groups excluding carboxylic acids is 3. The summed E-state index contributed by atoms with van der Waals surface area (Å²) in [5, 5.41) is 15.5. The molecule has 2 atom stereocenters. The Bertz CT molecular complexity index is 1170. The van der Waals surface area contributed by atoms with Gasteiger partial charge in [-0.2, -0.15) is 0 Å². The highest BCUT2D eigenvalue weighted by Crippen LogP contribution is 2.30. The summed E-state index contributed by atoms with van der Waals surface area (Å²) in [6, 6.07) is 11.4. The Hall–Kier alpha value is -3.95. The maximum atomic E-state index is 12.7. The number of carboxylic acids is 1. The number of amides is 2. The summed E-state index contributed by atoms with van der Waals surface area (Å²) in [4.78, 5) is 50.6. The van der Waals surface area contributed by atoms with Gasteiger partial charge in [0.15, 0.2) is 11.9 Å². The number of hydrogen-bond acceptors (Lipinski definition) is 5. The number of halogens is 1. The molecule has 0 aliphatic heterocycles. The quantitative estimate of drug-likeness (QED) is 0.401. The number of alkyl halides is 1. The number of carbonyl (C=O) groups is 4. The minimum atomic E-state index is -1.55. The lowest BCUT2D eigenvalue weighted by Crippen LogP contribution is -2.48. The van der Waals surface area contributed by atoms with Crippen LogP contribution in [0.25, 0.3) is 21.8 Å². The summed E-state index contributed by atoms with van der Waals surface area (Å²) < 4.78 is 17.9. The smallest absolute Gasteiger partial charge is 0.412 e. The van der Waals surface area contributed by atoms with E-state index in [1.165, 1.54) is 0 Å². The summed E-state index contributed by atoms with van der Waals surface area (Å²) in [5.41, 5.74) is 2.01. The van der Waals surface area contributed by atoms with Gasteiger partial charge in [0, 0.05) is 16.3 Å². The van der Waals surface area contributed by atoms with Crippen LogP contribution < -0.4 is 10.6 Å². The molecule has 0 bridgehead atoms. The second-order valence-corrected chi connectivity index (χ2v) is 7.08. The van der Waals surface area contributed by atoms with Gasteiger partial charge in [0.1, 0.15) is 12.7 Å². The SMILES string of the molecule is CC[C@H](OC(=O)Nc1cccc2c1[nH]c1ccccc12)C(=O)N[C@@H](CC(=O)O)C(=O)CF. The molecule has 0 spiro atoms. The highest BCUT2D eigenvalue weighted by molar-refractivity contribution is 6.12. The van der Waals surface area contributed by atoms with Crippen molar-refractivity contribution in [1.82, 2.24) is 10.3 Å². The Kier molecular flexibility index (Phi) is 7.04. The Morgan fingerprint density at radius 2 is 1.81 bits per heavy atom. The van der Waals surface area contributed by atoms with Crippen molar-refractivity contribution in [3.05, 3.63) is 42.5 Å². The van der Waals surface area contributed by atoms with E-state index in [-0.39, 0.29) is 6.42 Å². The molecule has 3 rings (SSSR count). The molecule has 4 N–H and O–H groups in total. The monoisotopic (exact) mass is 443 g/mol. The van der Waals surface area contributed by atoms with Crippen LogP contribution in [0.5, 0.6) is 0 Å². The van der Waals surface area contributed by atoms with Crippen molar-refractivity contribution in [2.45, 2.75) is 31.9 Å². The van der Waals surface area contributed by atoms with Crippen LogP contribution in [0, 0.1) is 0 Å². The molecule has 32 heavy (non-hydrogen) atoms. The van der Waals surface area contributed by atoms with Crippen molar-refractivity contribution in [2.24, 2.45) is 0 Å². The first-order chi connectivity index (χ1) is 15.3. The van der Waals surface area contributed by atoms with E-state index < -0.39 is 49.0 Å². The van der Waals surface area contributed by atoms with E-state index >= 15 is 0 Å². The topological polar surface area (TPSA) is 138 Å². The van der Waals surface area contributed by atoms with Gasteiger partial charge in [-0.1, -0.05) is 37.3 Å². The summed E-state index contributed by atoms with van der Waals surface area (Å²) in [6.07, 6.45) is -2.94. The fraction of sp³-hybridized carbons (Fsp3) is 0.273. The minimum Gasteiger partial charge on any atom is -0.481 e. The average Bonchev–Trinajstić information content (AvgIpc) is 3.16. The van der Waals surface area contributed by atoms with E-state index in [1.54, 1.807) is 19.1 Å². The maximum Gasteiger partial charge on any atom is 0.412 e. The van der Waals surface area contributed by atoms with Gasteiger partial charge >= 0.3 is 12.1 Å². The number of Topliss-reactive ketones (excluding diaryl/α,β-unsaturated/α-hetero) is 1. The van der Waals surface area contributed by atoms with E-state index in [1.807, 2.05) is 30.3 Å². The second-order valence-electron chi connectivity index (χ2n) is 7.08. The van der Waals surface area contributed by atoms with Crippen molar-refractivity contribution in [1.29, 1.82) is 0 Å². The fourth-order valence-corrected chi connectivity index (χ4v) is 3.35. The maximum absolute atomic E-state index is 12.7. The van der Waals surface area contributed by atoms with E-state index in [4.69, 9.17) is 9.84 Å². The van der Waals surface area contributed by atoms with Crippen LogP contribution >= 0.6 is 0 Å². The number of ether oxygens (including phenoxy) is 1. The first-order valence-electron chi connectivity index (χ1n) is 9.92. The largest absolute Gasteiger partial charge is 0.481 e. The lowest BCUT2D eigenvalue weighted by molar-refractivity contribution is -0.141. The van der Waals surface area contributed by atoms with Crippen LogP contribution in [0.4, 0.5) is 14.9 Å². The summed E-state index contributed by atoms with van der Waals surface area (Å²) in [5.74, 6) is -3.35. The highest BCUT2D eigenvalue weighted by atomic mass is 19.1. The van der Waals surface area contributed by atoms with Crippen LogP contribution in [0.1, 0.15) is 19.8 Å². The molecule has 10 heteroatoms. The lowest BCUT2D eigenvalue weighted by atomic mass is 10.1. The van der Waals surface area contributed by atoms with Crippen molar-refractivity contribution in [3.63, 3.8) is 0 Å². The Morgan fingerprint density at radius 3 is 2.50 bits per heavy atom. The minimum absolute atomic E-state index is 0.0550. The number of anilines is 1. The second kappa shape index (κ2) is 9.90. The molecular formula is C22H22FN3O6. The number of rotatable bonds is 9. The van der Waals surface area contributed by atoms with Gasteiger partial charge in [-0.3, -0.25) is 19.7 Å². The Balaban J connectivity index is 1.72. The van der Waals surface area contributed by atoms with E-state index in [0.29, 0.717) is 11.2 Å². The van der Waals surface area contributed by atoms with Crippen molar-refractivity contribution >= 4 is 51.2 Å². The first-order valence-corrected chi connectivity index (χ1v) is 9.92. The molecule has 1 heterocycles. The molecule has 168 valence electrons. The zero-order valence-corrected chi connectivity index (χ0v) is 17.2. The lowest BCUT2D eigenvalue weighted by Gasteiger charge is -2.20. The molecule has 0 fully saturated rings. The number of H-pyrrole nitrogens is 1. The van der Waals surface area contributed by atoms with Crippen LogP contribution in [-0.2, 0) is 19.1 Å². The van der Waals surface area contributed by atoms with E-state index in [9.17, 15) is 23.6 Å². The molecule has 0 radical (unpaired) electrons. The Labute approximate surface area is 181 Å². The standard InChI is InChI=1S/C22H22FN3O6/c1-2-18(21(30)25-16(10-19(28)29)17(27)11-23)32-22(31)26-15-9-5-7-13-12-6-3-4-8-14(12)24-20(13)15/h3-9,16,18,24H,2,10-11H2,1H3,(H,25,30)(H,26,31)(H,28,29)/t16-,18-/m0/s1. The molecule has 0 aliphatic carbocycles. The molecule has 2 aromatic carbocycles. The van der Waals surface area contributed by atoms with Crippen molar-refractivity contribution in [2.75, 3.05) is 12.0 Å². The number of hydrogen-bond donors (Lipinski definition) is 4. The van der Waals surface area contributed by atoms with Gasteiger partial charge in [0.2, 0.25) is 0 Å². The fourth-order valence-electron chi connectivity index (χ4n) is 3.35. The molecule has 1 aromatic heterocycles. The van der Waals surface area contributed by atoms with Gasteiger partial charge in [-0.15, -0.1) is 0 Å². The highest BCUT2D eigenvalue weighted by Gasteiger charge is 2.28. The van der Waals surface area contributed by atoms with Crippen molar-refractivity contribution < 1.29 is 33.4 Å². The van der Waals surface area contributed by atoms with Crippen LogP contribution in [0.2, 0.25) is 0 Å². The van der Waals surface area contributed by atoms with Gasteiger partial charge < -0.3 is 20.1 Å². The van der Waals surface area contributed by atoms with Gasteiger partial charge in [-0.05, 0) is 18.6 Å². The number of ketones is 1. The number of carboxylic acid groups (broad SMARTS) is 1. The number of nitrogens with one attached hydrogen (secondary N) is 3. The predicted molar refractivity (Wildman–Crippen MR) is 115 cm³/mol. The van der Waals surface area contributed by atoms with Gasteiger partial charge in [0.25, 0.3) is 5.91 Å². The number of aliphatic carboxylic acids is 1. The third-order valence-corrected chi connectivity index (χ3v) is 4.91. The summed E-state index contributed by atoms with van der Waals surface area (Å²) in [7, 11) is 0. The van der Waals surface area contributed by atoms with E-state index in [2.05, 4.69) is 15.6 Å². The number of aromatic nitrogens is 1. The molecule has 0 unspecified atom stereocenters. The number of fused-ring (bicyclic) bond motifs is 3. The number of para-hydroxylation sites is 2.